The molecule has 4 unspecified atom stereocenters. The van der Waals surface area contributed by atoms with Gasteiger partial charge >= 0.3 is 0 Å². The van der Waals surface area contributed by atoms with Gasteiger partial charge in [-0.3, -0.25) is 9.59 Å². The molecule has 2 heterocycles. The van der Waals surface area contributed by atoms with Gasteiger partial charge in [-0.1, -0.05) is 48.3 Å². The lowest BCUT2D eigenvalue weighted by molar-refractivity contribution is -0.134. The Bertz CT molecular complexity index is 751. The van der Waals surface area contributed by atoms with Crippen molar-refractivity contribution in [1.29, 1.82) is 0 Å². The summed E-state index contributed by atoms with van der Waals surface area (Å²) in [5.41, 5.74) is 1.23. The molecule has 0 bridgehead atoms. The van der Waals surface area contributed by atoms with Crippen LogP contribution in [0.4, 0.5) is 5.69 Å². The molecule has 0 radical (unpaired) electrons. The number of benzene rings is 1. The number of carbonyl (C=O) groups excluding carboxylic acids is 2. The van der Waals surface area contributed by atoms with E-state index >= 15 is 0 Å². The third kappa shape index (κ3) is 1.65. The number of para-hydroxylation sites is 1. The third-order valence-corrected chi connectivity index (χ3v) is 7.51. The maximum atomic E-state index is 12.9. The molecule has 3 aliphatic rings. The van der Waals surface area contributed by atoms with Crippen LogP contribution in [0.25, 0.3) is 0 Å². The average molecular weight is 393 g/mol. The Morgan fingerprint density at radius 1 is 1.17 bits per heavy atom. The van der Waals surface area contributed by atoms with Crippen molar-refractivity contribution in [1.82, 2.24) is 0 Å². The first-order chi connectivity index (χ1) is 10.7. The minimum atomic E-state index is -2.22. The van der Waals surface area contributed by atoms with Crippen LogP contribution in [0.5, 0.6) is 0 Å². The van der Waals surface area contributed by atoms with Crippen LogP contribution in [0.2, 0.25) is 0 Å². The maximum absolute atomic E-state index is 12.9. The number of nitrogens with zero attached hydrogens (tertiary/aromatic N) is 1. The summed E-state index contributed by atoms with van der Waals surface area (Å²) in [5.74, 6) is -1.35. The summed E-state index contributed by atoms with van der Waals surface area (Å²) in [6.45, 7) is 2.02. The van der Waals surface area contributed by atoms with Gasteiger partial charge in [-0.25, -0.2) is 0 Å². The summed E-state index contributed by atoms with van der Waals surface area (Å²) in [6, 6.07) is 6.95. The zero-order chi connectivity index (χ0) is 16.8. The molecule has 4 atom stereocenters. The maximum Gasteiger partial charge on any atom is 0.271 e. The molecule has 0 N–H and O–H groups in total. The standard InChI is InChI=1S/C16H13Cl4NO2/c1-14-7-6-10(17)15(18)11(14)21(9-5-3-2-4-8(9)14)13(23)16(19,20)12(15)22/h2-5,10-11H,6-7H2,1H3. The quantitative estimate of drug-likeness (QED) is 0.497. The number of carbonyl (C=O) groups is 2. The number of ketones is 1. The summed E-state index contributed by atoms with van der Waals surface area (Å²) in [4.78, 5) is 25.8. The fourth-order valence-electron chi connectivity index (χ4n) is 4.45. The summed E-state index contributed by atoms with van der Waals surface area (Å²) in [6.07, 6.45) is 1.27. The summed E-state index contributed by atoms with van der Waals surface area (Å²) in [7, 11) is 0. The second-order valence-electron chi connectivity index (χ2n) is 6.69. The van der Waals surface area contributed by atoms with Gasteiger partial charge in [-0.05, 0) is 24.5 Å². The second-order valence-corrected chi connectivity index (χ2v) is 9.17. The van der Waals surface area contributed by atoms with Gasteiger partial charge in [-0.2, -0.15) is 0 Å². The lowest BCUT2D eigenvalue weighted by Gasteiger charge is -2.55. The van der Waals surface area contributed by atoms with Crippen LogP contribution >= 0.6 is 46.4 Å². The first kappa shape index (κ1) is 16.0. The lowest BCUT2D eigenvalue weighted by atomic mass is 9.62. The molecule has 1 saturated carbocycles. The zero-order valence-corrected chi connectivity index (χ0v) is 15.2. The Morgan fingerprint density at radius 3 is 2.52 bits per heavy atom. The van der Waals surface area contributed by atoms with Crippen molar-refractivity contribution in [2.75, 3.05) is 4.90 Å². The van der Waals surface area contributed by atoms with E-state index in [2.05, 4.69) is 0 Å². The van der Waals surface area contributed by atoms with Gasteiger partial charge in [0.15, 0.2) is 0 Å². The highest BCUT2D eigenvalue weighted by Crippen LogP contribution is 2.62. The molecule has 1 aromatic carbocycles. The van der Waals surface area contributed by atoms with Crippen LogP contribution in [-0.4, -0.2) is 32.3 Å². The van der Waals surface area contributed by atoms with Crippen LogP contribution in [0, 0.1) is 0 Å². The number of fused-ring (bicyclic) bond motifs is 3. The van der Waals surface area contributed by atoms with Crippen molar-refractivity contribution in [3.05, 3.63) is 29.8 Å². The molecule has 1 saturated heterocycles. The molecule has 1 aliphatic carbocycles. The van der Waals surface area contributed by atoms with Crippen molar-refractivity contribution in [2.45, 2.75) is 45.8 Å². The van der Waals surface area contributed by atoms with E-state index in [9.17, 15) is 9.59 Å². The highest BCUT2D eigenvalue weighted by Gasteiger charge is 2.74. The molecular weight excluding hydrogens is 380 g/mol. The van der Waals surface area contributed by atoms with E-state index in [4.69, 9.17) is 46.4 Å². The van der Waals surface area contributed by atoms with Crippen molar-refractivity contribution < 1.29 is 9.59 Å². The molecule has 7 heteroatoms. The molecular formula is C16H13Cl4NO2. The molecule has 3 nitrogen and oxygen atoms in total. The molecule has 23 heavy (non-hydrogen) atoms. The molecule has 2 aliphatic heterocycles. The van der Waals surface area contributed by atoms with E-state index in [0.717, 1.165) is 12.0 Å². The van der Waals surface area contributed by atoms with E-state index in [1.165, 1.54) is 4.90 Å². The molecule has 0 spiro atoms. The third-order valence-electron chi connectivity index (χ3n) is 5.53. The highest BCUT2D eigenvalue weighted by atomic mass is 35.5. The SMILES string of the molecule is CC12CCC(Cl)C3(Cl)C(=O)C(Cl)(Cl)C(=O)N(c4ccccc41)C23. The van der Waals surface area contributed by atoms with Crippen LogP contribution in [0.3, 0.4) is 0 Å². The topological polar surface area (TPSA) is 37.4 Å². The number of amides is 1. The Labute approximate surface area is 153 Å². The predicted molar refractivity (Wildman–Crippen MR) is 92.0 cm³/mol. The van der Waals surface area contributed by atoms with Crippen LogP contribution in [0.15, 0.2) is 24.3 Å². The van der Waals surface area contributed by atoms with Crippen LogP contribution < -0.4 is 4.90 Å². The molecule has 1 aromatic rings. The van der Waals surface area contributed by atoms with Gasteiger partial charge in [0.05, 0.1) is 11.4 Å². The monoisotopic (exact) mass is 391 g/mol. The number of rotatable bonds is 0. The van der Waals surface area contributed by atoms with Gasteiger partial charge in [-0.15, -0.1) is 23.2 Å². The van der Waals surface area contributed by atoms with E-state index in [1.807, 2.05) is 31.2 Å². The van der Waals surface area contributed by atoms with Crippen molar-refractivity contribution in [3.63, 3.8) is 0 Å². The predicted octanol–water partition coefficient (Wildman–Crippen LogP) is 3.79. The molecule has 1 amide bonds. The number of hydrogen-bond donors (Lipinski definition) is 0. The minimum Gasteiger partial charge on any atom is -0.303 e. The van der Waals surface area contributed by atoms with Gasteiger partial charge < -0.3 is 4.90 Å². The second kappa shape index (κ2) is 4.57. The first-order valence-electron chi connectivity index (χ1n) is 7.35. The first-order valence-corrected chi connectivity index (χ1v) is 8.92. The Kier molecular flexibility index (Phi) is 3.18. The van der Waals surface area contributed by atoms with E-state index in [-0.39, 0.29) is 0 Å². The number of Topliss-reactive ketones (excluding diaryl/α,β-unsaturated/α-hetero) is 1. The number of halogens is 4. The van der Waals surface area contributed by atoms with Crippen LogP contribution in [0.1, 0.15) is 25.3 Å². The van der Waals surface area contributed by atoms with E-state index in [1.54, 1.807) is 0 Å². The average Bonchev–Trinajstić information content (AvgIpc) is 2.79. The Hall–Kier alpha value is -0.480. The van der Waals surface area contributed by atoms with Gasteiger partial charge in [0.1, 0.15) is 4.87 Å². The van der Waals surface area contributed by atoms with E-state index < -0.39 is 37.7 Å². The normalized spacial score (nSPS) is 40.8. The zero-order valence-electron chi connectivity index (χ0n) is 12.2. The Balaban J connectivity index is 2.05. The van der Waals surface area contributed by atoms with Gasteiger partial charge in [0, 0.05) is 11.1 Å². The fourth-order valence-corrected chi connectivity index (χ4v) is 5.96. The van der Waals surface area contributed by atoms with Crippen LogP contribution in [-0.2, 0) is 15.0 Å². The Morgan fingerprint density at radius 2 is 1.83 bits per heavy atom. The van der Waals surface area contributed by atoms with Crippen molar-refractivity contribution in [3.8, 4) is 0 Å². The molecule has 2 fully saturated rings. The van der Waals surface area contributed by atoms with Crippen molar-refractivity contribution >= 4 is 63.8 Å². The van der Waals surface area contributed by atoms with Crippen molar-refractivity contribution in [2.24, 2.45) is 0 Å². The summed E-state index contributed by atoms with van der Waals surface area (Å²) < 4.78 is -2.22. The highest BCUT2D eigenvalue weighted by molar-refractivity contribution is 6.72. The number of alkyl halides is 4. The van der Waals surface area contributed by atoms with E-state index in [0.29, 0.717) is 12.1 Å². The lowest BCUT2D eigenvalue weighted by Crippen LogP contribution is -2.76. The molecule has 4 rings (SSSR count). The summed E-state index contributed by atoms with van der Waals surface area (Å²) in [5, 5.41) is -0.642. The largest absolute Gasteiger partial charge is 0.303 e. The molecule has 0 aromatic heterocycles. The van der Waals surface area contributed by atoms with Gasteiger partial charge in [0.25, 0.3) is 10.2 Å². The number of anilines is 1. The number of hydrogen-bond acceptors (Lipinski definition) is 2. The molecule has 122 valence electrons. The fraction of sp³-hybridized carbons (Fsp3) is 0.500. The van der Waals surface area contributed by atoms with Gasteiger partial charge in [0.2, 0.25) is 5.78 Å². The summed E-state index contributed by atoms with van der Waals surface area (Å²) >= 11 is 25.5. The number of piperidine rings is 1. The smallest absolute Gasteiger partial charge is 0.271 e. The minimum absolute atomic E-state index is 0.459.